The number of carboxylic acids is 1. The topological polar surface area (TPSA) is 104 Å². The van der Waals surface area contributed by atoms with Gasteiger partial charge in [0, 0.05) is 35.1 Å². The molecule has 0 aliphatic heterocycles. The first-order valence-electron chi connectivity index (χ1n) is 10.8. The minimum Gasteiger partial charge on any atom is -0.479 e. The minimum absolute atomic E-state index is 0.286. The molecule has 1 aromatic heterocycles. The Morgan fingerprint density at radius 2 is 1.82 bits per heavy atom. The molecule has 0 saturated heterocycles. The molecule has 3 N–H and O–H groups in total. The van der Waals surface area contributed by atoms with Crippen molar-refractivity contribution < 1.29 is 24.2 Å². The van der Waals surface area contributed by atoms with Crippen molar-refractivity contribution in [3.05, 3.63) is 77.4 Å². The standard InChI is InChI=1S/C26H26N2O5/c1-2-13-32-15-18-11-12-19-23-20(26(27)31)9-6-10-21(23)28(14-17-7-4-3-5-8-17)24(19)25(18)33-16-22(29)30/h3-12H,2,13-16H2,1H3,(H2,27,31)(H,29,30). The SMILES string of the molecule is CCCOCc1ccc2c3c(C(N)=O)cccc3n(Cc3ccccc3)c2c1OCC(=O)O. The van der Waals surface area contributed by atoms with Crippen LogP contribution in [0.1, 0.15) is 34.8 Å². The summed E-state index contributed by atoms with van der Waals surface area (Å²) in [6.07, 6.45) is 0.865. The zero-order chi connectivity index (χ0) is 23.4. The van der Waals surface area contributed by atoms with Gasteiger partial charge in [0.2, 0.25) is 5.91 Å². The monoisotopic (exact) mass is 446 g/mol. The Hall–Kier alpha value is -3.84. The molecule has 3 aromatic carbocycles. The van der Waals surface area contributed by atoms with E-state index in [9.17, 15) is 14.7 Å². The third kappa shape index (κ3) is 4.54. The van der Waals surface area contributed by atoms with Gasteiger partial charge in [0.05, 0.1) is 17.6 Å². The predicted molar refractivity (Wildman–Crippen MR) is 127 cm³/mol. The molecule has 7 heteroatoms. The van der Waals surface area contributed by atoms with Gasteiger partial charge in [-0.05, 0) is 24.1 Å². The molecule has 4 aromatic rings. The Morgan fingerprint density at radius 3 is 2.52 bits per heavy atom. The summed E-state index contributed by atoms with van der Waals surface area (Å²) in [6.45, 7) is 2.90. The number of aliphatic carboxylic acids is 1. The lowest BCUT2D eigenvalue weighted by molar-refractivity contribution is -0.139. The van der Waals surface area contributed by atoms with E-state index in [0.717, 1.165) is 33.8 Å². The molecule has 0 aliphatic rings. The van der Waals surface area contributed by atoms with Crippen LogP contribution in [0.15, 0.2) is 60.7 Å². The highest BCUT2D eigenvalue weighted by Crippen LogP contribution is 2.39. The van der Waals surface area contributed by atoms with Gasteiger partial charge in [0.15, 0.2) is 6.61 Å². The second kappa shape index (κ2) is 9.75. The summed E-state index contributed by atoms with van der Waals surface area (Å²) in [7, 11) is 0. The minimum atomic E-state index is -1.07. The first-order chi connectivity index (χ1) is 16.0. The van der Waals surface area contributed by atoms with E-state index < -0.39 is 18.5 Å². The lowest BCUT2D eigenvalue weighted by atomic mass is 10.0. The van der Waals surface area contributed by atoms with Crippen LogP contribution in [-0.4, -0.2) is 34.8 Å². The van der Waals surface area contributed by atoms with Crippen molar-refractivity contribution in [2.45, 2.75) is 26.5 Å². The number of aromatic nitrogens is 1. The highest BCUT2D eigenvalue weighted by Gasteiger charge is 2.22. The van der Waals surface area contributed by atoms with Crippen molar-refractivity contribution >= 4 is 33.7 Å². The predicted octanol–water partition coefficient (Wildman–Crippen LogP) is 4.33. The molecule has 0 saturated carbocycles. The molecular formula is C26H26N2O5. The summed E-state index contributed by atoms with van der Waals surface area (Å²) in [6, 6.07) is 19.1. The molecule has 33 heavy (non-hydrogen) atoms. The largest absolute Gasteiger partial charge is 0.479 e. The zero-order valence-electron chi connectivity index (χ0n) is 18.4. The van der Waals surface area contributed by atoms with Crippen LogP contribution in [0.25, 0.3) is 21.8 Å². The van der Waals surface area contributed by atoms with Gasteiger partial charge in [-0.25, -0.2) is 4.79 Å². The fourth-order valence-corrected chi connectivity index (χ4v) is 4.12. The Balaban J connectivity index is 2.02. The molecule has 7 nitrogen and oxygen atoms in total. The second-order valence-corrected chi connectivity index (χ2v) is 7.82. The third-order valence-corrected chi connectivity index (χ3v) is 5.48. The quantitative estimate of drug-likeness (QED) is 0.353. The average Bonchev–Trinajstić information content (AvgIpc) is 3.12. The van der Waals surface area contributed by atoms with Crippen molar-refractivity contribution in [2.24, 2.45) is 5.73 Å². The Bertz CT molecular complexity index is 1310. The summed E-state index contributed by atoms with van der Waals surface area (Å²) < 4.78 is 13.6. The number of carbonyl (C=O) groups is 2. The number of amides is 1. The number of hydrogen-bond acceptors (Lipinski definition) is 4. The van der Waals surface area contributed by atoms with Gasteiger partial charge in [-0.15, -0.1) is 0 Å². The number of primary amides is 1. The lowest BCUT2D eigenvalue weighted by Crippen LogP contribution is -2.12. The summed E-state index contributed by atoms with van der Waals surface area (Å²) in [5.41, 5.74) is 9.43. The van der Waals surface area contributed by atoms with E-state index in [2.05, 4.69) is 0 Å². The second-order valence-electron chi connectivity index (χ2n) is 7.82. The maximum atomic E-state index is 12.3. The Labute approximate surface area is 191 Å². The van der Waals surface area contributed by atoms with Crippen LogP contribution in [0.4, 0.5) is 0 Å². The van der Waals surface area contributed by atoms with Gasteiger partial charge in [-0.3, -0.25) is 4.79 Å². The molecule has 0 aliphatic carbocycles. The van der Waals surface area contributed by atoms with Gasteiger partial charge in [0.1, 0.15) is 5.75 Å². The summed E-state index contributed by atoms with van der Waals surface area (Å²) in [4.78, 5) is 23.6. The fraction of sp³-hybridized carbons (Fsp3) is 0.231. The third-order valence-electron chi connectivity index (χ3n) is 5.48. The fourth-order valence-electron chi connectivity index (χ4n) is 4.12. The number of benzene rings is 3. The molecule has 1 amide bonds. The highest BCUT2D eigenvalue weighted by atomic mass is 16.5. The van der Waals surface area contributed by atoms with Crippen molar-refractivity contribution in [3.8, 4) is 5.75 Å². The smallest absolute Gasteiger partial charge is 0.341 e. The zero-order valence-corrected chi connectivity index (χ0v) is 18.4. The van der Waals surface area contributed by atoms with Crippen molar-refractivity contribution in [1.82, 2.24) is 4.57 Å². The molecular weight excluding hydrogens is 420 g/mol. The number of fused-ring (bicyclic) bond motifs is 3. The number of carbonyl (C=O) groups excluding carboxylic acids is 1. The Kier molecular flexibility index (Phi) is 6.60. The van der Waals surface area contributed by atoms with Crippen LogP contribution >= 0.6 is 0 Å². The van der Waals surface area contributed by atoms with E-state index in [1.807, 2.05) is 60.0 Å². The van der Waals surface area contributed by atoms with E-state index >= 15 is 0 Å². The molecule has 0 unspecified atom stereocenters. The van der Waals surface area contributed by atoms with E-state index in [1.165, 1.54) is 0 Å². The summed E-state index contributed by atoms with van der Waals surface area (Å²) in [5, 5.41) is 10.8. The Morgan fingerprint density at radius 1 is 1.03 bits per heavy atom. The number of nitrogens with zero attached hydrogens (tertiary/aromatic N) is 1. The number of nitrogens with two attached hydrogens (primary N) is 1. The van der Waals surface area contributed by atoms with Gasteiger partial charge in [-0.2, -0.15) is 0 Å². The summed E-state index contributed by atoms with van der Waals surface area (Å²) >= 11 is 0. The number of ether oxygens (including phenoxy) is 2. The summed E-state index contributed by atoms with van der Waals surface area (Å²) in [5.74, 6) is -1.16. The molecule has 1 heterocycles. The van der Waals surface area contributed by atoms with Crippen LogP contribution < -0.4 is 10.5 Å². The van der Waals surface area contributed by atoms with E-state index in [-0.39, 0.29) is 6.61 Å². The first kappa shape index (κ1) is 22.4. The normalized spacial score (nSPS) is 11.2. The highest BCUT2D eigenvalue weighted by molar-refractivity contribution is 6.19. The molecule has 4 rings (SSSR count). The van der Waals surface area contributed by atoms with Crippen LogP contribution in [0, 0.1) is 0 Å². The van der Waals surface area contributed by atoms with E-state index in [4.69, 9.17) is 15.2 Å². The van der Waals surface area contributed by atoms with Crippen LogP contribution in [0.5, 0.6) is 5.75 Å². The molecule has 0 fully saturated rings. The van der Waals surface area contributed by atoms with Crippen molar-refractivity contribution in [1.29, 1.82) is 0 Å². The first-order valence-corrected chi connectivity index (χ1v) is 10.8. The van der Waals surface area contributed by atoms with Gasteiger partial charge in [0.25, 0.3) is 0 Å². The number of hydrogen-bond donors (Lipinski definition) is 2. The van der Waals surface area contributed by atoms with Gasteiger partial charge in [-0.1, -0.05) is 55.5 Å². The van der Waals surface area contributed by atoms with Crippen LogP contribution in [-0.2, 0) is 22.7 Å². The molecule has 0 atom stereocenters. The molecule has 0 spiro atoms. The van der Waals surface area contributed by atoms with Crippen molar-refractivity contribution in [2.75, 3.05) is 13.2 Å². The van der Waals surface area contributed by atoms with Crippen molar-refractivity contribution in [3.63, 3.8) is 0 Å². The maximum Gasteiger partial charge on any atom is 0.341 e. The molecule has 0 radical (unpaired) electrons. The van der Waals surface area contributed by atoms with Crippen LogP contribution in [0.2, 0.25) is 0 Å². The number of rotatable bonds is 10. The van der Waals surface area contributed by atoms with E-state index in [1.54, 1.807) is 12.1 Å². The van der Waals surface area contributed by atoms with E-state index in [0.29, 0.717) is 30.0 Å². The maximum absolute atomic E-state index is 12.3. The molecule has 170 valence electrons. The van der Waals surface area contributed by atoms with Gasteiger partial charge >= 0.3 is 5.97 Å². The van der Waals surface area contributed by atoms with Gasteiger partial charge < -0.3 is 24.9 Å². The number of carboxylic acid groups (broad SMARTS) is 1. The molecule has 0 bridgehead atoms. The lowest BCUT2D eigenvalue weighted by Gasteiger charge is -2.15. The average molecular weight is 447 g/mol. The van der Waals surface area contributed by atoms with Crippen LogP contribution in [0.3, 0.4) is 0 Å².